The van der Waals surface area contributed by atoms with Crippen molar-refractivity contribution in [3.63, 3.8) is 0 Å². The van der Waals surface area contributed by atoms with Gasteiger partial charge in [0.2, 0.25) is 0 Å². The molecule has 0 saturated carbocycles. The molecular weight excluding hydrogens is 431 g/mol. The standard InChI is InChI=1S/C22H29ClN2O2.2ClH/c1-3-27-22-20(23)13-18(14-21(22)26-2)15-24-19-9-11-25(12-10-19)16-17-7-5-4-6-8-17;;/h4-8,13-14,19,24H,3,9-12,15-16H2,1-2H3;2*1H. The number of benzene rings is 2. The van der Waals surface area contributed by atoms with E-state index in [4.69, 9.17) is 21.1 Å². The van der Waals surface area contributed by atoms with Crippen molar-refractivity contribution in [3.8, 4) is 11.5 Å². The number of hydrogen-bond acceptors (Lipinski definition) is 4. The largest absolute Gasteiger partial charge is 0.493 e. The molecule has 162 valence electrons. The van der Waals surface area contributed by atoms with E-state index in [2.05, 4.69) is 40.5 Å². The van der Waals surface area contributed by atoms with Gasteiger partial charge in [-0.2, -0.15) is 0 Å². The van der Waals surface area contributed by atoms with Crippen molar-refractivity contribution in [3.05, 3.63) is 58.6 Å². The van der Waals surface area contributed by atoms with Crippen LogP contribution in [0.5, 0.6) is 11.5 Å². The SMILES string of the molecule is CCOc1c(Cl)cc(CNC2CCN(Cc3ccccc3)CC2)cc1OC.Cl.Cl. The summed E-state index contributed by atoms with van der Waals surface area (Å²) in [4.78, 5) is 2.53. The lowest BCUT2D eigenvalue weighted by atomic mass is 10.0. The van der Waals surface area contributed by atoms with Gasteiger partial charge in [0.05, 0.1) is 18.7 Å². The minimum Gasteiger partial charge on any atom is -0.493 e. The fourth-order valence-corrected chi connectivity index (χ4v) is 3.85. The molecule has 7 heteroatoms. The molecule has 0 spiro atoms. The summed E-state index contributed by atoms with van der Waals surface area (Å²) in [5, 5.41) is 4.27. The average Bonchev–Trinajstić information content (AvgIpc) is 2.70. The van der Waals surface area contributed by atoms with Crippen molar-refractivity contribution in [2.45, 2.75) is 38.9 Å². The third-order valence-corrected chi connectivity index (χ3v) is 5.29. The number of methoxy groups -OCH3 is 1. The van der Waals surface area contributed by atoms with Crippen molar-refractivity contribution in [2.24, 2.45) is 0 Å². The summed E-state index contributed by atoms with van der Waals surface area (Å²) in [6.45, 7) is 6.58. The number of ether oxygens (including phenoxy) is 2. The van der Waals surface area contributed by atoms with Crippen molar-refractivity contribution in [1.29, 1.82) is 0 Å². The molecule has 2 aromatic carbocycles. The van der Waals surface area contributed by atoms with Gasteiger partial charge in [-0.3, -0.25) is 4.90 Å². The Hall–Kier alpha value is -1.17. The Morgan fingerprint density at radius 1 is 1.07 bits per heavy atom. The first-order valence-corrected chi connectivity index (χ1v) is 10.1. The molecule has 0 aromatic heterocycles. The molecule has 1 aliphatic rings. The molecule has 0 unspecified atom stereocenters. The number of likely N-dealkylation sites (tertiary alicyclic amines) is 1. The van der Waals surface area contributed by atoms with Crippen LogP contribution in [-0.2, 0) is 13.1 Å². The molecule has 0 atom stereocenters. The van der Waals surface area contributed by atoms with Gasteiger partial charge in [0.15, 0.2) is 11.5 Å². The van der Waals surface area contributed by atoms with Crippen molar-refractivity contribution < 1.29 is 9.47 Å². The smallest absolute Gasteiger partial charge is 0.179 e. The van der Waals surface area contributed by atoms with E-state index in [1.807, 2.05) is 19.1 Å². The quantitative estimate of drug-likeness (QED) is 0.575. The highest BCUT2D eigenvalue weighted by molar-refractivity contribution is 6.32. The number of halogens is 3. The molecular formula is C22H31Cl3N2O2. The van der Waals surface area contributed by atoms with E-state index in [1.165, 1.54) is 5.56 Å². The zero-order chi connectivity index (χ0) is 19.1. The number of nitrogens with one attached hydrogen (secondary N) is 1. The van der Waals surface area contributed by atoms with Crippen LogP contribution < -0.4 is 14.8 Å². The number of piperidine rings is 1. The zero-order valence-corrected chi connectivity index (χ0v) is 19.4. The van der Waals surface area contributed by atoms with Gasteiger partial charge in [0.1, 0.15) is 0 Å². The van der Waals surface area contributed by atoms with Gasteiger partial charge in [0, 0.05) is 19.1 Å². The summed E-state index contributed by atoms with van der Waals surface area (Å²) < 4.78 is 11.0. The molecule has 0 bridgehead atoms. The molecule has 1 heterocycles. The summed E-state index contributed by atoms with van der Waals surface area (Å²) in [7, 11) is 1.65. The predicted octanol–water partition coefficient (Wildman–Crippen LogP) is 5.35. The van der Waals surface area contributed by atoms with Crippen LogP contribution in [0.3, 0.4) is 0 Å². The van der Waals surface area contributed by atoms with Crippen LogP contribution in [0.2, 0.25) is 5.02 Å². The molecule has 0 radical (unpaired) electrons. The Morgan fingerprint density at radius 2 is 1.76 bits per heavy atom. The monoisotopic (exact) mass is 460 g/mol. The Balaban J connectivity index is 0.00000210. The van der Waals surface area contributed by atoms with Gasteiger partial charge >= 0.3 is 0 Å². The lowest BCUT2D eigenvalue weighted by Gasteiger charge is -2.32. The predicted molar refractivity (Wildman–Crippen MR) is 125 cm³/mol. The van der Waals surface area contributed by atoms with Crippen molar-refractivity contribution in [2.75, 3.05) is 26.8 Å². The number of nitrogens with zero attached hydrogens (tertiary/aromatic N) is 1. The van der Waals surface area contributed by atoms with Gasteiger partial charge in [-0.1, -0.05) is 41.9 Å². The third kappa shape index (κ3) is 7.54. The first-order valence-electron chi connectivity index (χ1n) is 9.68. The second-order valence-corrected chi connectivity index (χ2v) is 7.37. The van der Waals surface area contributed by atoms with Gasteiger partial charge in [-0.25, -0.2) is 0 Å². The van der Waals surface area contributed by atoms with E-state index in [9.17, 15) is 0 Å². The molecule has 1 aliphatic heterocycles. The topological polar surface area (TPSA) is 33.7 Å². The minimum absolute atomic E-state index is 0. The maximum Gasteiger partial charge on any atom is 0.179 e. The third-order valence-electron chi connectivity index (χ3n) is 5.01. The number of hydrogen-bond donors (Lipinski definition) is 1. The maximum absolute atomic E-state index is 6.37. The van der Waals surface area contributed by atoms with Crippen LogP contribution in [0.1, 0.15) is 30.9 Å². The summed E-state index contributed by atoms with van der Waals surface area (Å²) in [5.74, 6) is 1.32. The highest BCUT2D eigenvalue weighted by Crippen LogP contribution is 2.36. The molecule has 1 N–H and O–H groups in total. The minimum atomic E-state index is 0. The molecule has 29 heavy (non-hydrogen) atoms. The molecule has 0 aliphatic carbocycles. The van der Waals surface area contributed by atoms with Crippen LogP contribution in [0.4, 0.5) is 0 Å². The van der Waals surface area contributed by atoms with E-state index in [1.54, 1.807) is 7.11 Å². The van der Waals surface area contributed by atoms with Gasteiger partial charge in [-0.05, 0) is 56.1 Å². The molecule has 1 fully saturated rings. The summed E-state index contributed by atoms with van der Waals surface area (Å²) in [6.07, 6.45) is 2.32. The van der Waals surface area contributed by atoms with E-state index in [0.717, 1.165) is 44.6 Å². The average molecular weight is 462 g/mol. The van der Waals surface area contributed by atoms with Gasteiger partial charge in [-0.15, -0.1) is 24.8 Å². The summed E-state index contributed by atoms with van der Waals surface area (Å²) in [5.41, 5.74) is 2.51. The maximum atomic E-state index is 6.37. The Kier molecular flexibility index (Phi) is 11.8. The fourth-order valence-electron chi connectivity index (χ4n) is 3.56. The molecule has 2 aromatic rings. The Labute approximate surface area is 191 Å². The van der Waals surface area contributed by atoms with Gasteiger partial charge in [0.25, 0.3) is 0 Å². The molecule has 4 nitrogen and oxygen atoms in total. The van der Waals surface area contributed by atoms with Crippen molar-refractivity contribution in [1.82, 2.24) is 10.2 Å². The molecule has 1 saturated heterocycles. The van der Waals surface area contributed by atoms with E-state index in [0.29, 0.717) is 29.2 Å². The Bertz CT molecular complexity index is 723. The van der Waals surface area contributed by atoms with E-state index < -0.39 is 0 Å². The lowest BCUT2D eigenvalue weighted by Crippen LogP contribution is -2.41. The highest BCUT2D eigenvalue weighted by atomic mass is 35.5. The lowest BCUT2D eigenvalue weighted by molar-refractivity contribution is 0.190. The first kappa shape index (κ1) is 25.9. The van der Waals surface area contributed by atoms with Crippen LogP contribution in [-0.4, -0.2) is 37.7 Å². The van der Waals surface area contributed by atoms with Crippen LogP contribution >= 0.6 is 36.4 Å². The van der Waals surface area contributed by atoms with E-state index >= 15 is 0 Å². The molecule has 3 rings (SSSR count). The van der Waals surface area contributed by atoms with Crippen LogP contribution in [0.15, 0.2) is 42.5 Å². The summed E-state index contributed by atoms with van der Waals surface area (Å²) in [6, 6.07) is 15.2. The normalized spacial score (nSPS) is 14.6. The van der Waals surface area contributed by atoms with Crippen LogP contribution in [0, 0.1) is 0 Å². The highest BCUT2D eigenvalue weighted by Gasteiger charge is 2.19. The fraction of sp³-hybridized carbons (Fsp3) is 0.455. The molecule has 0 amide bonds. The first-order chi connectivity index (χ1) is 13.2. The van der Waals surface area contributed by atoms with E-state index in [-0.39, 0.29) is 24.8 Å². The second kappa shape index (κ2) is 13.2. The Morgan fingerprint density at radius 3 is 2.38 bits per heavy atom. The van der Waals surface area contributed by atoms with Crippen LogP contribution in [0.25, 0.3) is 0 Å². The van der Waals surface area contributed by atoms with Crippen molar-refractivity contribution >= 4 is 36.4 Å². The second-order valence-electron chi connectivity index (χ2n) is 6.96. The summed E-state index contributed by atoms with van der Waals surface area (Å²) >= 11 is 6.37. The van der Waals surface area contributed by atoms with Gasteiger partial charge < -0.3 is 14.8 Å². The zero-order valence-electron chi connectivity index (χ0n) is 17.0. The number of rotatable bonds is 8.